The van der Waals surface area contributed by atoms with Crippen LogP contribution in [0.1, 0.15) is 33.4 Å². The van der Waals surface area contributed by atoms with E-state index in [4.69, 9.17) is 4.74 Å². The van der Waals surface area contributed by atoms with Crippen LogP contribution in [0.3, 0.4) is 0 Å². The third-order valence-corrected chi connectivity index (χ3v) is 4.56. The second-order valence-electron chi connectivity index (χ2n) is 4.96. The number of carbonyl (C=O) groups excluding carboxylic acids is 1. The molecule has 2 heterocycles. The Bertz CT molecular complexity index is 659. The first-order valence-electron chi connectivity index (χ1n) is 6.69. The van der Waals surface area contributed by atoms with E-state index in [1.807, 2.05) is 27.0 Å². The number of hydrogen-bond donors (Lipinski definition) is 0. The molecule has 0 spiro atoms. The molecule has 0 radical (unpaired) electrons. The summed E-state index contributed by atoms with van der Waals surface area (Å²) in [6, 6.07) is 6.22. The predicted octanol–water partition coefficient (Wildman–Crippen LogP) is 3.34. The van der Waals surface area contributed by atoms with E-state index in [9.17, 15) is 4.79 Å². The van der Waals surface area contributed by atoms with Gasteiger partial charge in [-0.3, -0.25) is 0 Å². The predicted molar refractivity (Wildman–Crippen MR) is 81.1 cm³/mol. The maximum atomic E-state index is 11.8. The summed E-state index contributed by atoms with van der Waals surface area (Å²) in [5, 5.41) is 0. The zero-order chi connectivity index (χ0) is 14.9. The summed E-state index contributed by atoms with van der Waals surface area (Å²) in [5.41, 5.74) is 4.67. The van der Waals surface area contributed by atoms with Crippen LogP contribution in [0, 0.1) is 20.8 Å². The van der Waals surface area contributed by atoms with E-state index in [-0.39, 0.29) is 5.97 Å². The number of hydrogen-bond acceptors (Lipinski definition) is 3. The van der Waals surface area contributed by atoms with Gasteiger partial charge in [0.1, 0.15) is 16.8 Å². The lowest BCUT2D eigenvalue weighted by Crippen LogP contribution is -2.34. The van der Waals surface area contributed by atoms with Crippen LogP contribution in [-0.2, 0) is 11.8 Å². The van der Waals surface area contributed by atoms with Gasteiger partial charge in [-0.1, -0.05) is 0 Å². The average molecular weight is 290 g/mol. The van der Waals surface area contributed by atoms with Crippen molar-refractivity contribution in [3.8, 4) is 10.6 Å². The molecule has 0 aliphatic rings. The fraction of sp³-hybridized carbons (Fsp3) is 0.375. The van der Waals surface area contributed by atoms with Gasteiger partial charge in [0, 0.05) is 19.1 Å². The standard InChI is InChI=1S/C16H20NO2S/c1-6-19-16(18)14-9-11(3)15(20-14)13-8-10(2)7-12(4)17(13)5/h7-9H,6H2,1-5H3/q+1. The average Bonchev–Trinajstić information content (AvgIpc) is 2.76. The molecule has 2 aromatic rings. The minimum absolute atomic E-state index is 0.237. The van der Waals surface area contributed by atoms with Gasteiger partial charge in [-0.2, -0.15) is 4.57 Å². The minimum Gasteiger partial charge on any atom is -0.462 e. The van der Waals surface area contributed by atoms with Gasteiger partial charge in [0.05, 0.1) is 6.61 Å². The second kappa shape index (κ2) is 5.75. The Kier molecular flexibility index (Phi) is 4.23. The summed E-state index contributed by atoms with van der Waals surface area (Å²) < 4.78 is 7.23. The Labute approximate surface area is 123 Å². The number of carbonyl (C=O) groups is 1. The molecular formula is C16H20NO2S+. The van der Waals surface area contributed by atoms with Crippen LogP contribution in [0.4, 0.5) is 0 Å². The third kappa shape index (κ3) is 2.75. The number of ether oxygens (including phenoxy) is 1. The highest BCUT2D eigenvalue weighted by molar-refractivity contribution is 7.17. The normalized spacial score (nSPS) is 10.7. The van der Waals surface area contributed by atoms with Crippen molar-refractivity contribution >= 4 is 17.3 Å². The molecule has 0 unspecified atom stereocenters. The molecule has 0 atom stereocenters. The molecule has 0 bridgehead atoms. The van der Waals surface area contributed by atoms with Gasteiger partial charge in [-0.25, -0.2) is 4.79 Å². The van der Waals surface area contributed by atoms with Crippen LogP contribution in [-0.4, -0.2) is 12.6 Å². The van der Waals surface area contributed by atoms with Gasteiger partial charge in [-0.05, 0) is 38.0 Å². The quantitative estimate of drug-likeness (QED) is 0.641. The summed E-state index contributed by atoms with van der Waals surface area (Å²) in [5.74, 6) is -0.237. The molecule has 2 rings (SSSR count). The second-order valence-corrected chi connectivity index (χ2v) is 6.01. The molecule has 0 aromatic carbocycles. The molecule has 0 saturated carbocycles. The van der Waals surface area contributed by atoms with Crippen LogP contribution in [0.5, 0.6) is 0 Å². The summed E-state index contributed by atoms with van der Waals surface area (Å²) in [7, 11) is 2.05. The van der Waals surface area contributed by atoms with Crippen molar-refractivity contribution in [2.75, 3.05) is 6.61 Å². The fourth-order valence-corrected chi connectivity index (χ4v) is 3.35. The molecule has 0 fully saturated rings. The molecule has 0 saturated heterocycles. The molecule has 0 amide bonds. The maximum Gasteiger partial charge on any atom is 0.348 e. The Morgan fingerprint density at radius 2 is 1.95 bits per heavy atom. The zero-order valence-electron chi connectivity index (χ0n) is 12.6. The lowest BCUT2D eigenvalue weighted by molar-refractivity contribution is -0.666. The van der Waals surface area contributed by atoms with Crippen molar-refractivity contribution < 1.29 is 14.1 Å². The van der Waals surface area contributed by atoms with Crippen LogP contribution in [0.2, 0.25) is 0 Å². The Hall–Kier alpha value is -1.68. The number of esters is 1. The SMILES string of the molecule is CCOC(=O)c1cc(C)c(-c2cc(C)cc(C)[n+]2C)s1. The number of rotatable bonds is 3. The topological polar surface area (TPSA) is 30.2 Å². The zero-order valence-corrected chi connectivity index (χ0v) is 13.4. The van der Waals surface area contributed by atoms with Crippen LogP contribution >= 0.6 is 11.3 Å². The van der Waals surface area contributed by atoms with E-state index in [1.54, 1.807) is 0 Å². The van der Waals surface area contributed by atoms with Gasteiger partial charge in [0.2, 0.25) is 5.69 Å². The Morgan fingerprint density at radius 3 is 2.60 bits per heavy atom. The van der Waals surface area contributed by atoms with Crippen molar-refractivity contribution in [3.63, 3.8) is 0 Å². The molecule has 2 aromatic heterocycles. The summed E-state index contributed by atoms with van der Waals surface area (Å²) >= 11 is 1.50. The third-order valence-electron chi connectivity index (χ3n) is 3.32. The summed E-state index contributed by atoms with van der Waals surface area (Å²) in [6.07, 6.45) is 0. The van der Waals surface area contributed by atoms with Gasteiger partial charge >= 0.3 is 5.97 Å². The molecule has 4 heteroatoms. The molecule has 106 valence electrons. The Morgan fingerprint density at radius 1 is 1.25 bits per heavy atom. The lowest BCUT2D eigenvalue weighted by Gasteiger charge is -2.03. The van der Waals surface area contributed by atoms with E-state index >= 15 is 0 Å². The van der Waals surface area contributed by atoms with Gasteiger partial charge in [0.25, 0.3) is 0 Å². The van der Waals surface area contributed by atoms with Crippen molar-refractivity contribution in [1.29, 1.82) is 0 Å². The van der Waals surface area contributed by atoms with Crippen LogP contribution in [0.25, 0.3) is 10.6 Å². The monoisotopic (exact) mass is 290 g/mol. The van der Waals surface area contributed by atoms with Gasteiger partial charge in [0.15, 0.2) is 5.69 Å². The lowest BCUT2D eigenvalue weighted by atomic mass is 10.1. The smallest absolute Gasteiger partial charge is 0.348 e. The van der Waals surface area contributed by atoms with Crippen molar-refractivity contribution in [3.05, 3.63) is 39.9 Å². The summed E-state index contributed by atoms with van der Waals surface area (Å²) in [6.45, 7) is 8.44. The summed E-state index contributed by atoms with van der Waals surface area (Å²) in [4.78, 5) is 13.6. The molecule has 0 aliphatic heterocycles. The first kappa shape index (κ1) is 14.7. The molecular weight excluding hydrogens is 270 g/mol. The number of aromatic nitrogens is 1. The van der Waals surface area contributed by atoms with E-state index in [2.05, 4.69) is 30.5 Å². The van der Waals surface area contributed by atoms with Crippen molar-refractivity contribution in [2.45, 2.75) is 27.7 Å². The van der Waals surface area contributed by atoms with Crippen molar-refractivity contribution in [2.24, 2.45) is 7.05 Å². The first-order chi connectivity index (χ1) is 9.43. The number of pyridine rings is 1. The number of nitrogens with zero attached hydrogens (tertiary/aromatic N) is 1. The fourth-order valence-electron chi connectivity index (χ4n) is 2.23. The largest absolute Gasteiger partial charge is 0.462 e. The van der Waals surface area contributed by atoms with Crippen LogP contribution in [0.15, 0.2) is 18.2 Å². The highest BCUT2D eigenvalue weighted by Gasteiger charge is 2.21. The van der Waals surface area contributed by atoms with Crippen molar-refractivity contribution in [1.82, 2.24) is 0 Å². The first-order valence-corrected chi connectivity index (χ1v) is 7.51. The maximum absolute atomic E-state index is 11.8. The Balaban J connectivity index is 2.51. The molecule has 20 heavy (non-hydrogen) atoms. The van der Waals surface area contributed by atoms with E-state index in [0.29, 0.717) is 11.5 Å². The van der Waals surface area contributed by atoms with E-state index < -0.39 is 0 Å². The molecule has 0 N–H and O–H groups in total. The minimum atomic E-state index is -0.237. The van der Waals surface area contributed by atoms with Gasteiger partial charge in [-0.15, -0.1) is 11.3 Å². The molecule has 0 aliphatic carbocycles. The highest BCUT2D eigenvalue weighted by atomic mass is 32.1. The van der Waals surface area contributed by atoms with E-state index in [0.717, 1.165) is 16.1 Å². The molecule has 3 nitrogen and oxygen atoms in total. The van der Waals surface area contributed by atoms with E-state index in [1.165, 1.54) is 22.6 Å². The number of aryl methyl sites for hydroxylation is 3. The number of thiophene rings is 1. The highest BCUT2D eigenvalue weighted by Crippen LogP contribution is 2.31. The van der Waals surface area contributed by atoms with Gasteiger partial charge < -0.3 is 4.74 Å². The van der Waals surface area contributed by atoms with Crippen LogP contribution < -0.4 is 4.57 Å².